The predicted octanol–water partition coefficient (Wildman–Crippen LogP) is 1.99. The van der Waals surface area contributed by atoms with Gasteiger partial charge in [0.1, 0.15) is 17.2 Å². The van der Waals surface area contributed by atoms with Crippen LogP contribution in [-0.2, 0) is 11.3 Å². The number of hydrogen-bond acceptors (Lipinski definition) is 6. The molecule has 1 amide bonds. The van der Waals surface area contributed by atoms with Crippen molar-refractivity contribution in [3.63, 3.8) is 0 Å². The van der Waals surface area contributed by atoms with E-state index in [0.717, 1.165) is 12.1 Å². The number of rotatable bonds is 5. The van der Waals surface area contributed by atoms with Crippen molar-refractivity contribution in [1.82, 2.24) is 25.1 Å². The number of aromatic amines is 1. The van der Waals surface area contributed by atoms with Gasteiger partial charge in [-0.3, -0.25) is 14.6 Å². The molecule has 4 heterocycles. The van der Waals surface area contributed by atoms with Crippen molar-refractivity contribution in [2.45, 2.75) is 25.4 Å². The first kappa shape index (κ1) is 18.2. The quantitative estimate of drug-likeness (QED) is 0.527. The van der Waals surface area contributed by atoms with Crippen LogP contribution in [0.1, 0.15) is 18.6 Å². The van der Waals surface area contributed by atoms with Crippen LogP contribution in [0, 0.1) is 0 Å². The minimum absolute atomic E-state index is 0.122. The normalized spacial score (nSPS) is 16.3. The average molecular weight is 404 g/mol. The lowest BCUT2D eigenvalue weighted by Crippen LogP contribution is -2.44. The summed E-state index contributed by atoms with van der Waals surface area (Å²) in [6.45, 7) is 0.951. The Hall–Kier alpha value is -3.88. The minimum atomic E-state index is -0.409. The standard InChI is InChI=1S/C21H20N6O3/c28-19-16-13-23-27(14-6-2-1-3-7-14)18(16)24-21(25-19)26-10-4-9-17(26)20(29)22-12-15-8-5-11-30-15/h1-3,5-8,11,13,17H,4,9-10,12H2,(H,22,29)(H,24,25,28). The number of carbonyl (C=O) groups is 1. The second kappa shape index (κ2) is 7.51. The van der Waals surface area contributed by atoms with Gasteiger partial charge in [-0.15, -0.1) is 0 Å². The molecular formula is C21H20N6O3. The summed E-state index contributed by atoms with van der Waals surface area (Å²) >= 11 is 0. The van der Waals surface area contributed by atoms with E-state index in [1.54, 1.807) is 17.0 Å². The number of furan rings is 1. The number of anilines is 1. The molecule has 3 aromatic heterocycles. The number of aromatic nitrogens is 4. The lowest BCUT2D eigenvalue weighted by Gasteiger charge is -2.24. The monoisotopic (exact) mass is 404 g/mol. The molecule has 5 rings (SSSR count). The molecule has 30 heavy (non-hydrogen) atoms. The molecular weight excluding hydrogens is 384 g/mol. The summed E-state index contributed by atoms with van der Waals surface area (Å²) in [5.41, 5.74) is 0.992. The van der Waals surface area contributed by atoms with Crippen LogP contribution in [0.5, 0.6) is 0 Å². The molecule has 2 N–H and O–H groups in total. The van der Waals surface area contributed by atoms with E-state index in [1.165, 1.54) is 6.20 Å². The maximum Gasteiger partial charge on any atom is 0.263 e. The van der Waals surface area contributed by atoms with Gasteiger partial charge in [0.2, 0.25) is 11.9 Å². The minimum Gasteiger partial charge on any atom is -0.467 e. The summed E-state index contributed by atoms with van der Waals surface area (Å²) in [7, 11) is 0. The van der Waals surface area contributed by atoms with Gasteiger partial charge < -0.3 is 14.6 Å². The van der Waals surface area contributed by atoms with Crippen LogP contribution in [0.15, 0.2) is 64.1 Å². The van der Waals surface area contributed by atoms with E-state index in [-0.39, 0.29) is 11.5 Å². The number of amides is 1. The Morgan fingerprint density at radius 2 is 2.10 bits per heavy atom. The molecule has 9 heteroatoms. The third-order valence-electron chi connectivity index (χ3n) is 5.27. The van der Waals surface area contributed by atoms with Gasteiger partial charge in [-0.1, -0.05) is 18.2 Å². The number of H-pyrrole nitrogens is 1. The van der Waals surface area contributed by atoms with Crippen LogP contribution < -0.4 is 15.8 Å². The molecule has 0 spiro atoms. The van der Waals surface area contributed by atoms with Crippen LogP contribution in [0.3, 0.4) is 0 Å². The number of nitrogens with zero attached hydrogens (tertiary/aromatic N) is 4. The molecule has 1 fully saturated rings. The molecule has 9 nitrogen and oxygen atoms in total. The van der Waals surface area contributed by atoms with Crippen molar-refractivity contribution < 1.29 is 9.21 Å². The fourth-order valence-corrected chi connectivity index (χ4v) is 3.80. The lowest BCUT2D eigenvalue weighted by atomic mass is 10.2. The maximum atomic E-state index is 12.8. The Kier molecular flexibility index (Phi) is 4.55. The van der Waals surface area contributed by atoms with Crippen molar-refractivity contribution in [1.29, 1.82) is 0 Å². The molecule has 152 valence electrons. The molecule has 1 aromatic carbocycles. The van der Waals surface area contributed by atoms with Crippen LogP contribution in [0.2, 0.25) is 0 Å². The molecule has 1 aliphatic heterocycles. The highest BCUT2D eigenvalue weighted by molar-refractivity contribution is 5.85. The van der Waals surface area contributed by atoms with E-state index in [0.29, 0.717) is 42.3 Å². The van der Waals surface area contributed by atoms with Crippen LogP contribution in [-0.4, -0.2) is 38.2 Å². The van der Waals surface area contributed by atoms with Gasteiger partial charge in [-0.2, -0.15) is 10.1 Å². The van der Waals surface area contributed by atoms with E-state index in [1.807, 2.05) is 41.3 Å². The highest BCUT2D eigenvalue weighted by Gasteiger charge is 2.32. The SMILES string of the molecule is O=C(NCc1ccco1)C1CCCN1c1nc2c(cnn2-c2ccccc2)c(=O)[nH]1. The van der Waals surface area contributed by atoms with Gasteiger partial charge in [0.15, 0.2) is 5.65 Å². The smallest absolute Gasteiger partial charge is 0.263 e. The summed E-state index contributed by atoms with van der Waals surface area (Å²) in [5, 5.41) is 7.63. The third-order valence-corrected chi connectivity index (χ3v) is 5.27. The summed E-state index contributed by atoms with van der Waals surface area (Å²) in [4.78, 5) is 34.8. The molecule has 0 radical (unpaired) electrons. The van der Waals surface area contributed by atoms with Gasteiger partial charge in [0, 0.05) is 6.54 Å². The zero-order valence-electron chi connectivity index (χ0n) is 16.1. The molecule has 0 aliphatic carbocycles. The first-order chi connectivity index (χ1) is 14.7. The molecule has 4 aromatic rings. The molecule has 1 unspecified atom stereocenters. The first-order valence-electron chi connectivity index (χ1n) is 9.81. The Balaban J connectivity index is 1.46. The summed E-state index contributed by atoms with van der Waals surface area (Å²) in [6, 6.07) is 12.7. The highest BCUT2D eigenvalue weighted by atomic mass is 16.3. The summed E-state index contributed by atoms with van der Waals surface area (Å²) in [6.07, 6.45) is 4.60. The van der Waals surface area contributed by atoms with Gasteiger partial charge in [-0.25, -0.2) is 4.68 Å². The van der Waals surface area contributed by atoms with Crippen LogP contribution in [0.25, 0.3) is 16.7 Å². The number of nitrogens with one attached hydrogen (secondary N) is 2. The Labute approximate surface area is 171 Å². The first-order valence-corrected chi connectivity index (χ1v) is 9.81. The fourth-order valence-electron chi connectivity index (χ4n) is 3.80. The Morgan fingerprint density at radius 1 is 1.23 bits per heavy atom. The van der Waals surface area contributed by atoms with Gasteiger partial charge in [0.25, 0.3) is 5.56 Å². The second-order valence-electron chi connectivity index (χ2n) is 7.17. The van der Waals surface area contributed by atoms with E-state index >= 15 is 0 Å². The summed E-state index contributed by atoms with van der Waals surface area (Å²) in [5.74, 6) is 0.941. The van der Waals surface area contributed by atoms with Gasteiger partial charge in [-0.05, 0) is 37.1 Å². The average Bonchev–Trinajstić information content (AvgIpc) is 3.53. The van der Waals surface area contributed by atoms with Crippen molar-refractivity contribution in [3.8, 4) is 5.69 Å². The Morgan fingerprint density at radius 3 is 2.90 bits per heavy atom. The summed E-state index contributed by atoms with van der Waals surface area (Å²) < 4.78 is 6.91. The number of carbonyl (C=O) groups excluding carboxylic acids is 1. The second-order valence-corrected chi connectivity index (χ2v) is 7.17. The van der Waals surface area contributed by atoms with Crippen molar-refractivity contribution in [2.75, 3.05) is 11.4 Å². The third kappa shape index (κ3) is 3.24. The number of para-hydroxylation sites is 1. The maximum absolute atomic E-state index is 12.8. The predicted molar refractivity (Wildman–Crippen MR) is 110 cm³/mol. The number of hydrogen-bond donors (Lipinski definition) is 2. The fraction of sp³-hybridized carbons (Fsp3) is 0.238. The Bertz CT molecular complexity index is 1230. The highest BCUT2D eigenvalue weighted by Crippen LogP contribution is 2.24. The van der Waals surface area contributed by atoms with Crippen LogP contribution in [0.4, 0.5) is 5.95 Å². The molecule has 1 aliphatic rings. The molecule has 0 bridgehead atoms. The van der Waals surface area contributed by atoms with E-state index in [2.05, 4.69) is 20.4 Å². The molecule has 0 saturated carbocycles. The molecule has 1 saturated heterocycles. The van der Waals surface area contributed by atoms with Gasteiger partial charge in [0.05, 0.1) is 24.7 Å². The number of benzene rings is 1. The molecule has 1 atom stereocenters. The zero-order valence-corrected chi connectivity index (χ0v) is 16.1. The number of fused-ring (bicyclic) bond motifs is 1. The van der Waals surface area contributed by atoms with Gasteiger partial charge >= 0.3 is 0 Å². The van der Waals surface area contributed by atoms with Crippen LogP contribution >= 0.6 is 0 Å². The topological polar surface area (TPSA) is 109 Å². The largest absolute Gasteiger partial charge is 0.467 e. The van der Waals surface area contributed by atoms with Crippen molar-refractivity contribution in [2.24, 2.45) is 0 Å². The van der Waals surface area contributed by atoms with Crippen molar-refractivity contribution >= 4 is 22.9 Å². The van der Waals surface area contributed by atoms with Crippen molar-refractivity contribution in [3.05, 3.63) is 71.0 Å². The zero-order chi connectivity index (χ0) is 20.5. The lowest BCUT2D eigenvalue weighted by molar-refractivity contribution is -0.122. The van der Waals surface area contributed by atoms with E-state index < -0.39 is 6.04 Å². The van der Waals surface area contributed by atoms with E-state index in [9.17, 15) is 9.59 Å². The van der Waals surface area contributed by atoms with E-state index in [4.69, 9.17) is 4.42 Å².